The lowest BCUT2D eigenvalue weighted by molar-refractivity contribution is -0.132. The van der Waals surface area contributed by atoms with Gasteiger partial charge in [0.15, 0.2) is 11.5 Å². The number of carbonyl (C=O) groups excluding carboxylic acids is 2. The van der Waals surface area contributed by atoms with Crippen molar-refractivity contribution in [2.45, 2.75) is 32.1 Å². The number of hydrogen-bond acceptors (Lipinski definition) is 4. The zero-order valence-corrected chi connectivity index (χ0v) is 17.8. The number of ether oxygens (including phenoxy) is 2. The lowest BCUT2D eigenvalue weighted by atomic mass is 9.69. The molecule has 0 bridgehead atoms. The van der Waals surface area contributed by atoms with Gasteiger partial charge in [-0.1, -0.05) is 36.4 Å². The standard InChI is InChI=1S/C25H28N2O4/c1-30-20-11-5-6-12-21(20)31-18-17-26-24(29)25-15-8-7-13-22(25)27(23(28)14-16-25)19-9-3-2-4-10-19/h2-6,9-13H,7-8,14-18H2,1H3,(H,26,29). The van der Waals surface area contributed by atoms with E-state index in [0.717, 1.165) is 30.6 Å². The predicted octanol–water partition coefficient (Wildman–Crippen LogP) is 4.07. The van der Waals surface area contributed by atoms with Crippen LogP contribution in [0.25, 0.3) is 0 Å². The number of para-hydroxylation sites is 3. The van der Waals surface area contributed by atoms with E-state index < -0.39 is 5.41 Å². The summed E-state index contributed by atoms with van der Waals surface area (Å²) in [6.45, 7) is 0.716. The Balaban J connectivity index is 1.46. The summed E-state index contributed by atoms with van der Waals surface area (Å²) in [5.41, 5.74) is 0.966. The zero-order chi connectivity index (χ0) is 21.7. The van der Waals surface area contributed by atoms with E-state index in [4.69, 9.17) is 9.47 Å². The third-order valence-electron chi connectivity index (χ3n) is 6.05. The van der Waals surface area contributed by atoms with Crippen molar-refractivity contribution in [3.8, 4) is 11.5 Å². The first-order valence-corrected chi connectivity index (χ1v) is 10.8. The van der Waals surface area contributed by atoms with Crippen molar-refractivity contribution >= 4 is 17.5 Å². The summed E-state index contributed by atoms with van der Waals surface area (Å²) in [6, 6.07) is 17.0. The molecule has 0 aromatic heterocycles. The Morgan fingerprint density at radius 2 is 1.81 bits per heavy atom. The van der Waals surface area contributed by atoms with Crippen LogP contribution in [0.2, 0.25) is 0 Å². The molecular formula is C25H28N2O4. The maximum Gasteiger partial charge on any atom is 0.232 e. The summed E-state index contributed by atoms with van der Waals surface area (Å²) < 4.78 is 11.1. The predicted molar refractivity (Wildman–Crippen MR) is 119 cm³/mol. The molecule has 1 aliphatic heterocycles. The molecule has 2 aromatic carbocycles. The van der Waals surface area contributed by atoms with Crippen LogP contribution < -0.4 is 19.7 Å². The van der Waals surface area contributed by atoms with E-state index >= 15 is 0 Å². The normalized spacial score (nSPS) is 20.5. The Morgan fingerprint density at radius 3 is 2.58 bits per heavy atom. The average molecular weight is 421 g/mol. The van der Waals surface area contributed by atoms with Crippen LogP contribution in [0.5, 0.6) is 11.5 Å². The van der Waals surface area contributed by atoms with Crippen LogP contribution >= 0.6 is 0 Å². The van der Waals surface area contributed by atoms with E-state index in [1.165, 1.54) is 0 Å². The van der Waals surface area contributed by atoms with Crippen molar-refractivity contribution in [3.05, 3.63) is 66.4 Å². The molecule has 162 valence electrons. The summed E-state index contributed by atoms with van der Waals surface area (Å²) in [5, 5.41) is 3.05. The van der Waals surface area contributed by atoms with Crippen LogP contribution in [-0.2, 0) is 9.59 Å². The molecule has 0 radical (unpaired) electrons. The number of anilines is 1. The van der Waals surface area contributed by atoms with Crippen molar-refractivity contribution in [1.82, 2.24) is 5.32 Å². The van der Waals surface area contributed by atoms with Gasteiger partial charge in [0, 0.05) is 17.8 Å². The first-order valence-electron chi connectivity index (χ1n) is 10.8. The second-order valence-electron chi connectivity index (χ2n) is 7.88. The van der Waals surface area contributed by atoms with Gasteiger partial charge in [0.05, 0.1) is 19.1 Å². The largest absolute Gasteiger partial charge is 0.493 e. The van der Waals surface area contributed by atoms with E-state index in [1.54, 1.807) is 12.0 Å². The van der Waals surface area contributed by atoms with Gasteiger partial charge in [-0.15, -0.1) is 0 Å². The SMILES string of the molecule is COc1ccccc1OCCNC(=O)C12CCCC=C1N(c1ccccc1)C(=O)CC2. The molecule has 2 amide bonds. The lowest BCUT2D eigenvalue weighted by Gasteiger charge is -2.45. The summed E-state index contributed by atoms with van der Waals surface area (Å²) in [6.07, 6.45) is 5.52. The van der Waals surface area contributed by atoms with Crippen LogP contribution in [0.4, 0.5) is 5.69 Å². The zero-order valence-electron chi connectivity index (χ0n) is 17.8. The number of fused-ring (bicyclic) bond motifs is 1. The van der Waals surface area contributed by atoms with Gasteiger partial charge in [0.1, 0.15) is 6.61 Å². The first kappa shape index (κ1) is 21.0. The van der Waals surface area contributed by atoms with Crippen molar-refractivity contribution < 1.29 is 19.1 Å². The number of nitrogens with one attached hydrogen (secondary N) is 1. The Kier molecular flexibility index (Phi) is 6.26. The molecule has 1 saturated heterocycles. The van der Waals surface area contributed by atoms with E-state index in [2.05, 4.69) is 11.4 Å². The van der Waals surface area contributed by atoms with E-state index in [0.29, 0.717) is 37.5 Å². The molecule has 1 aliphatic carbocycles. The molecular weight excluding hydrogens is 392 g/mol. The van der Waals surface area contributed by atoms with E-state index in [9.17, 15) is 9.59 Å². The molecule has 0 spiro atoms. The van der Waals surface area contributed by atoms with Gasteiger partial charge in [0.2, 0.25) is 11.8 Å². The number of amides is 2. The Morgan fingerprint density at radius 1 is 1.06 bits per heavy atom. The van der Waals surface area contributed by atoms with Crippen LogP contribution in [0.15, 0.2) is 66.4 Å². The summed E-state index contributed by atoms with van der Waals surface area (Å²) >= 11 is 0. The maximum atomic E-state index is 13.4. The Hall–Kier alpha value is -3.28. The molecule has 1 N–H and O–H groups in total. The van der Waals surface area contributed by atoms with Crippen molar-refractivity contribution in [2.75, 3.05) is 25.2 Å². The fraction of sp³-hybridized carbons (Fsp3) is 0.360. The molecule has 4 rings (SSSR count). The molecule has 1 unspecified atom stereocenters. The van der Waals surface area contributed by atoms with Crippen molar-refractivity contribution in [3.63, 3.8) is 0 Å². The second kappa shape index (κ2) is 9.25. The van der Waals surface area contributed by atoms with Gasteiger partial charge in [-0.2, -0.15) is 0 Å². The number of allylic oxidation sites excluding steroid dienone is 1. The highest BCUT2D eigenvalue weighted by Gasteiger charge is 2.49. The smallest absolute Gasteiger partial charge is 0.232 e. The summed E-state index contributed by atoms with van der Waals surface area (Å²) in [7, 11) is 1.60. The number of piperidine rings is 1. The molecule has 2 aliphatic rings. The third-order valence-corrected chi connectivity index (χ3v) is 6.05. The molecule has 31 heavy (non-hydrogen) atoms. The van der Waals surface area contributed by atoms with Crippen LogP contribution in [-0.4, -0.2) is 32.1 Å². The summed E-state index contributed by atoms with van der Waals surface area (Å²) in [5.74, 6) is 1.32. The second-order valence-corrected chi connectivity index (χ2v) is 7.88. The number of rotatable bonds is 7. The minimum atomic E-state index is -0.674. The molecule has 1 fully saturated rings. The number of carbonyl (C=O) groups is 2. The minimum Gasteiger partial charge on any atom is -0.493 e. The quantitative estimate of drug-likeness (QED) is 0.686. The molecule has 1 atom stereocenters. The van der Waals surface area contributed by atoms with Gasteiger partial charge in [0.25, 0.3) is 0 Å². The number of nitrogens with zero attached hydrogens (tertiary/aromatic N) is 1. The first-order chi connectivity index (χ1) is 15.2. The highest BCUT2D eigenvalue weighted by atomic mass is 16.5. The van der Waals surface area contributed by atoms with Gasteiger partial charge < -0.3 is 14.8 Å². The highest BCUT2D eigenvalue weighted by molar-refractivity contribution is 6.02. The van der Waals surface area contributed by atoms with Gasteiger partial charge >= 0.3 is 0 Å². The van der Waals surface area contributed by atoms with E-state index in [-0.39, 0.29) is 11.8 Å². The number of benzene rings is 2. The van der Waals surface area contributed by atoms with Crippen molar-refractivity contribution in [1.29, 1.82) is 0 Å². The van der Waals surface area contributed by atoms with Crippen LogP contribution in [0, 0.1) is 5.41 Å². The third kappa shape index (κ3) is 4.15. The van der Waals surface area contributed by atoms with Gasteiger partial charge in [-0.3, -0.25) is 14.5 Å². The van der Waals surface area contributed by atoms with Gasteiger partial charge in [-0.25, -0.2) is 0 Å². The van der Waals surface area contributed by atoms with Crippen LogP contribution in [0.3, 0.4) is 0 Å². The number of hydrogen-bond donors (Lipinski definition) is 1. The lowest BCUT2D eigenvalue weighted by Crippen LogP contribution is -2.53. The van der Waals surface area contributed by atoms with E-state index in [1.807, 2.05) is 54.6 Å². The maximum absolute atomic E-state index is 13.4. The Labute approximate surface area is 182 Å². The van der Waals surface area contributed by atoms with Crippen LogP contribution in [0.1, 0.15) is 32.1 Å². The fourth-order valence-corrected chi connectivity index (χ4v) is 4.53. The fourth-order valence-electron chi connectivity index (χ4n) is 4.53. The highest BCUT2D eigenvalue weighted by Crippen LogP contribution is 2.48. The van der Waals surface area contributed by atoms with Gasteiger partial charge in [-0.05, 0) is 49.9 Å². The average Bonchev–Trinajstić information content (AvgIpc) is 2.82. The molecule has 6 heteroatoms. The number of methoxy groups -OCH3 is 1. The molecule has 0 saturated carbocycles. The molecule has 6 nitrogen and oxygen atoms in total. The molecule has 2 aromatic rings. The monoisotopic (exact) mass is 420 g/mol. The minimum absolute atomic E-state index is 0.0319. The summed E-state index contributed by atoms with van der Waals surface area (Å²) in [4.78, 5) is 28.0. The molecule has 1 heterocycles. The van der Waals surface area contributed by atoms with Crippen molar-refractivity contribution in [2.24, 2.45) is 5.41 Å². The Bertz CT molecular complexity index is 972. The topological polar surface area (TPSA) is 67.9 Å².